The van der Waals surface area contributed by atoms with Gasteiger partial charge in [-0.15, -0.1) is 10.2 Å². The average molecular weight is 287 g/mol. The van der Waals surface area contributed by atoms with E-state index in [-0.39, 0.29) is 5.91 Å². The van der Waals surface area contributed by atoms with Gasteiger partial charge in [-0.05, 0) is 18.4 Å². The molecular formula is C14H17N5O2. The van der Waals surface area contributed by atoms with E-state index >= 15 is 0 Å². The summed E-state index contributed by atoms with van der Waals surface area (Å²) in [5.41, 5.74) is 0.299. The Morgan fingerprint density at radius 2 is 2.38 bits per heavy atom. The zero-order chi connectivity index (χ0) is 14.7. The Hall–Kier alpha value is -2.44. The molecule has 0 spiro atoms. The summed E-state index contributed by atoms with van der Waals surface area (Å²) in [6, 6.07) is 3.23. The molecule has 0 radical (unpaired) electrons. The molecule has 1 aliphatic rings. The molecule has 3 heterocycles. The summed E-state index contributed by atoms with van der Waals surface area (Å²) in [6.07, 6.45) is 5.75. The first-order chi connectivity index (χ1) is 10.3. The van der Waals surface area contributed by atoms with Crippen LogP contribution in [-0.4, -0.2) is 39.3 Å². The van der Waals surface area contributed by atoms with E-state index in [2.05, 4.69) is 25.1 Å². The van der Waals surface area contributed by atoms with Crippen LogP contribution in [0, 0.1) is 5.92 Å². The predicted octanol–water partition coefficient (Wildman–Crippen LogP) is 0.674. The molecule has 0 aromatic carbocycles. The van der Waals surface area contributed by atoms with Crippen LogP contribution in [0.3, 0.4) is 0 Å². The first-order valence-electron chi connectivity index (χ1n) is 6.92. The molecule has 1 N–H and O–H groups in total. The number of ether oxygens (including phenoxy) is 1. The quantitative estimate of drug-likeness (QED) is 0.894. The van der Waals surface area contributed by atoms with Crippen LogP contribution in [0.15, 0.2) is 24.5 Å². The monoisotopic (exact) mass is 287 g/mol. The summed E-state index contributed by atoms with van der Waals surface area (Å²) in [5.74, 6) is 1.68. The van der Waals surface area contributed by atoms with Gasteiger partial charge in [0.05, 0.1) is 7.11 Å². The van der Waals surface area contributed by atoms with Crippen LogP contribution in [0.5, 0.6) is 5.88 Å². The molecule has 0 aliphatic carbocycles. The molecule has 3 rings (SSSR count). The number of carbonyl (C=O) groups excluding carboxylic acids is 1. The molecule has 0 saturated heterocycles. The van der Waals surface area contributed by atoms with Crippen molar-refractivity contribution in [3.05, 3.63) is 36.0 Å². The number of fused-ring (bicyclic) bond motifs is 1. The highest BCUT2D eigenvalue weighted by atomic mass is 16.5. The lowest BCUT2D eigenvalue weighted by Crippen LogP contribution is -2.33. The van der Waals surface area contributed by atoms with E-state index in [4.69, 9.17) is 4.74 Å². The van der Waals surface area contributed by atoms with Crippen molar-refractivity contribution in [2.75, 3.05) is 13.7 Å². The van der Waals surface area contributed by atoms with Crippen LogP contribution in [0.1, 0.15) is 22.7 Å². The molecule has 7 nitrogen and oxygen atoms in total. The summed E-state index contributed by atoms with van der Waals surface area (Å²) >= 11 is 0. The normalized spacial score (nSPS) is 17.1. The van der Waals surface area contributed by atoms with E-state index in [0.717, 1.165) is 25.2 Å². The van der Waals surface area contributed by atoms with Gasteiger partial charge >= 0.3 is 0 Å². The number of imidazole rings is 1. The summed E-state index contributed by atoms with van der Waals surface area (Å²) in [6.45, 7) is 1.58. The fraction of sp³-hybridized carbons (Fsp3) is 0.429. The lowest BCUT2D eigenvalue weighted by atomic mass is 9.98. The van der Waals surface area contributed by atoms with E-state index in [1.165, 1.54) is 7.11 Å². The Balaban J connectivity index is 1.54. The highest BCUT2D eigenvalue weighted by molar-refractivity contribution is 5.92. The Morgan fingerprint density at radius 3 is 3.14 bits per heavy atom. The van der Waals surface area contributed by atoms with Gasteiger partial charge in [0.15, 0.2) is 5.69 Å². The number of nitrogens with zero attached hydrogens (tertiary/aromatic N) is 4. The maximum Gasteiger partial charge on any atom is 0.271 e. The molecule has 1 aliphatic heterocycles. The summed E-state index contributed by atoms with van der Waals surface area (Å²) in [4.78, 5) is 16.3. The zero-order valence-corrected chi connectivity index (χ0v) is 11.8. The number of hydrogen-bond donors (Lipinski definition) is 1. The maximum absolute atomic E-state index is 12.0. The largest absolute Gasteiger partial charge is 0.480 e. The van der Waals surface area contributed by atoms with Crippen molar-refractivity contribution in [2.24, 2.45) is 5.92 Å². The summed E-state index contributed by atoms with van der Waals surface area (Å²) in [7, 11) is 1.51. The second kappa shape index (κ2) is 5.90. The van der Waals surface area contributed by atoms with E-state index in [1.54, 1.807) is 12.1 Å². The zero-order valence-electron chi connectivity index (χ0n) is 11.8. The first-order valence-corrected chi connectivity index (χ1v) is 6.92. The Labute approximate surface area is 122 Å². The number of aromatic nitrogens is 4. The minimum Gasteiger partial charge on any atom is -0.480 e. The Bertz CT molecular complexity index is 623. The number of hydrogen-bond acceptors (Lipinski definition) is 5. The third kappa shape index (κ3) is 3.01. The smallest absolute Gasteiger partial charge is 0.271 e. The van der Waals surface area contributed by atoms with Gasteiger partial charge in [-0.1, -0.05) is 0 Å². The molecule has 110 valence electrons. The number of rotatable bonds is 4. The standard InChI is InChI=1S/C14H17N5O2/c1-21-13-3-2-11(17-18-13)14(20)16-9-10-4-6-19-7-5-15-12(19)8-10/h2-3,5,7,10H,4,6,8-9H2,1H3,(H,16,20)/t10-/m1/s1. The van der Waals surface area contributed by atoms with Crippen molar-refractivity contribution in [2.45, 2.75) is 19.4 Å². The lowest BCUT2D eigenvalue weighted by molar-refractivity contribution is 0.0938. The van der Waals surface area contributed by atoms with Crippen molar-refractivity contribution in [3.8, 4) is 5.88 Å². The molecule has 1 atom stereocenters. The topological polar surface area (TPSA) is 81.9 Å². The second-order valence-corrected chi connectivity index (χ2v) is 5.07. The SMILES string of the molecule is COc1ccc(C(=O)NC[C@@H]2CCn3ccnc3C2)nn1. The fourth-order valence-corrected chi connectivity index (χ4v) is 2.47. The minimum absolute atomic E-state index is 0.209. The highest BCUT2D eigenvalue weighted by Gasteiger charge is 2.20. The van der Waals surface area contributed by atoms with Gasteiger partial charge in [-0.3, -0.25) is 4.79 Å². The minimum atomic E-state index is -0.209. The van der Waals surface area contributed by atoms with Crippen molar-refractivity contribution < 1.29 is 9.53 Å². The Kier molecular flexibility index (Phi) is 3.81. The molecule has 0 fully saturated rings. The summed E-state index contributed by atoms with van der Waals surface area (Å²) in [5, 5.41) is 10.5. The third-order valence-corrected chi connectivity index (χ3v) is 3.68. The van der Waals surface area contributed by atoms with E-state index < -0.39 is 0 Å². The molecular weight excluding hydrogens is 270 g/mol. The average Bonchev–Trinajstić information content (AvgIpc) is 3.00. The Morgan fingerprint density at radius 1 is 1.48 bits per heavy atom. The van der Waals surface area contributed by atoms with Crippen LogP contribution in [0.4, 0.5) is 0 Å². The maximum atomic E-state index is 12.0. The number of methoxy groups -OCH3 is 1. The van der Waals surface area contributed by atoms with Gasteiger partial charge in [-0.2, -0.15) is 0 Å². The third-order valence-electron chi connectivity index (χ3n) is 3.68. The van der Waals surface area contributed by atoms with Gasteiger partial charge in [0.2, 0.25) is 5.88 Å². The van der Waals surface area contributed by atoms with Crippen molar-refractivity contribution >= 4 is 5.91 Å². The molecule has 21 heavy (non-hydrogen) atoms. The van der Waals surface area contributed by atoms with Crippen LogP contribution >= 0.6 is 0 Å². The first kappa shape index (κ1) is 13.5. The van der Waals surface area contributed by atoms with E-state index in [9.17, 15) is 4.79 Å². The van der Waals surface area contributed by atoms with Gasteiger partial charge in [0.1, 0.15) is 5.82 Å². The number of carbonyl (C=O) groups is 1. The van der Waals surface area contributed by atoms with Gasteiger partial charge < -0.3 is 14.6 Å². The van der Waals surface area contributed by atoms with Crippen molar-refractivity contribution in [1.29, 1.82) is 0 Å². The van der Waals surface area contributed by atoms with Gasteiger partial charge in [-0.25, -0.2) is 4.98 Å². The summed E-state index contributed by atoms with van der Waals surface area (Å²) < 4.78 is 7.08. The van der Waals surface area contributed by atoms with Gasteiger partial charge in [0, 0.05) is 38.0 Å². The second-order valence-electron chi connectivity index (χ2n) is 5.07. The molecule has 1 amide bonds. The lowest BCUT2D eigenvalue weighted by Gasteiger charge is -2.23. The highest BCUT2D eigenvalue weighted by Crippen LogP contribution is 2.18. The molecule has 0 unspecified atom stereocenters. The van der Waals surface area contributed by atoms with Crippen molar-refractivity contribution in [1.82, 2.24) is 25.1 Å². The number of amides is 1. The molecule has 2 aromatic rings. The molecule has 0 bridgehead atoms. The molecule has 0 saturated carbocycles. The number of aryl methyl sites for hydroxylation is 1. The van der Waals surface area contributed by atoms with E-state index in [1.807, 2.05) is 12.4 Å². The molecule has 7 heteroatoms. The van der Waals surface area contributed by atoms with Crippen LogP contribution < -0.4 is 10.1 Å². The van der Waals surface area contributed by atoms with Crippen molar-refractivity contribution in [3.63, 3.8) is 0 Å². The fourth-order valence-electron chi connectivity index (χ4n) is 2.47. The number of nitrogens with one attached hydrogen (secondary N) is 1. The molecule has 2 aromatic heterocycles. The predicted molar refractivity (Wildman–Crippen MR) is 75.0 cm³/mol. The van der Waals surface area contributed by atoms with Crippen LogP contribution in [0.2, 0.25) is 0 Å². The van der Waals surface area contributed by atoms with E-state index in [0.29, 0.717) is 24.0 Å². The van der Waals surface area contributed by atoms with Gasteiger partial charge in [0.25, 0.3) is 5.91 Å². The van der Waals surface area contributed by atoms with Crippen LogP contribution in [-0.2, 0) is 13.0 Å². The van der Waals surface area contributed by atoms with Crippen LogP contribution in [0.25, 0.3) is 0 Å².